The Kier molecular flexibility index (Phi) is 5.42. The van der Waals surface area contributed by atoms with Crippen molar-refractivity contribution in [2.24, 2.45) is 5.92 Å². The van der Waals surface area contributed by atoms with Crippen LogP contribution in [0.15, 0.2) is 0 Å². The normalized spacial score (nSPS) is 28.6. The highest BCUT2D eigenvalue weighted by molar-refractivity contribution is 4.88. The van der Waals surface area contributed by atoms with Gasteiger partial charge in [0.05, 0.1) is 6.61 Å². The number of likely N-dealkylation sites (tertiary alicyclic amines) is 1. The number of ether oxygens (including phenoxy) is 1. The summed E-state index contributed by atoms with van der Waals surface area (Å²) in [5.41, 5.74) is 0.181. The summed E-state index contributed by atoms with van der Waals surface area (Å²) in [6.45, 7) is 14.4. The number of nitrogens with one attached hydrogen (secondary N) is 1. The monoisotopic (exact) mass is 242 g/mol. The van der Waals surface area contributed by atoms with Crippen molar-refractivity contribution < 1.29 is 4.74 Å². The number of methoxy groups -OCH3 is 1. The van der Waals surface area contributed by atoms with E-state index >= 15 is 0 Å². The van der Waals surface area contributed by atoms with Gasteiger partial charge in [-0.3, -0.25) is 4.90 Å². The molecule has 0 bridgehead atoms. The van der Waals surface area contributed by atoms with Crippen molar-refractivity contribution in [3.05, 3.63) is 0 Å². The second-order valence-corrected chi connectivity index (χ2v) is 6.63. The predicted octanol–water partition coefficient (Wildman–Crippen LogP) is 2.12. The quantitative estimate of drug-likeness (QED) is 0.799. The third-order valence-electron chi connectivity index (χ3n) is 3.53. The molecule has 0 amide bonds. The van der Waals surface area contributed by atoms with E-state index in [-0.39, 0.29) is 5.54 Å². The first-order chi connectivity index (χ1) is 7.83. The molecule has 1 heterocycles. The van der Waals surface area contributed by atoms with Gasteiger partial charge < -0.3 is 10.1 Å². The Bertz CT molecular complexity index is 225. The van der Waals surface area contributed by atoms with Gasteiger partial charge in [0.2, 0.25) is 0 Å². The molecule has 1 fully saturated rings. The van der Waals surface area contributed by atoms with Gasteiger partial charge in [-0.25, -0.2) is 0 Å². The Morgan fingerprint density at radius 1 is 1.35 bits per heavy atom. The second-order valence-electron chi connectivity index (χ2n) is 6.63. The topological polar surface area (TPSA) is 24.5 Å². The maximum absolute atomic E-state index is 5.38. The van der Waals surface area contributed by atoms with Gasteiger partial charge in [-0.1, -0.05) is 6.92 Å². The number of rotatable bonds is 5. The number of hydrogen-bond donors (Lipinski definition) is 1. The molecule has 0 aromatic carbocycles. The number of nitrogens with zero attached hydrogens (tertiary/aromatic N) is 1. The highest BCUT2D eigenvalue weighted by Gasteiger charge is 2.32. The number of hydrogen-bond acceptors (Lipinski definition) is 3. The Morgan fingerprint density at radius 3 is 2.41 bits per heavy atom. The fourth-order valence-corrected chi connectivity index (χ4v) is 2.73. The summed E-state index contributed by atoms with van der Waals surface area (Å²) in [6, 6.07) is 1.19. The zero-order valence-corrected chi connectivity index (χ0v) is 12.4. The van der Waals surface area contributed by atoms with Crippen LogP contribution in [0.4, 0.5) is 0 Å². The van der Waals surface area contributed by atoms with E-state index in [2.05, 4.69) is 44.8 Å². The average molecular weight is 242 g/mol. The van der Waals surface area contributed by atoms with Crippen molar-refractivity contribution >= 4 is 0 Å². The third kappa shape index (κ3) is 4.94. The first-order valence-electron chi connectivity index (χ1n) is 6.83. The Morgan fingerprint density at radius 2 is 2.00 bits per heavy atom. The zero-order valence-electron chi connectivity index (χ0n) is 12.4. The molecule has 0 spiro atoms. The molecule has 3 unspecified atom stereocenters. The summed E-state index contributed by atoms with van der Waals surface area (Å²) < 4.78 is 5.38. The molecule has 3 nitrogen and oxygen atoms in total. The van der Waals surface area contributed by atoms with Gasteiger partial charge >= 0.3 is 0 Å². The lowest BCUT2D eigenvalue weighted by molar-refractivity contribution is 0.0802. The summed E-state index contributed by atoms with van der Waals surface area (Å²) in [5, 5.41) is 3.60. The summed E-state index contributed by atoms with van der Waals surface area (Å²) in [7, 11) is 1.80. The first kappa shape index (κ1) is 14.9. The molecule has 3 atom stereocenters. The van der Waals surface area contributed by atoms with Crippen LogP contribution in [0.5, 0.6) is 0 Å². The van der Waals surface area contributed by atoms with E-state index < -0.39 is 0 Å². The van der Waals surface area contributed by atoms with Crippen molar-refractivity contribution in [1.82, 2.24) is 10.2 Å². The lowest BCUT2D eigenvalue weighted by Crippen LogP contribution is -2.50. The van der Waals surface area contributed by atoms with Crippen molar-refractivity contribution in [1.29, 1.82) is 0 Å². The van der Waals surface area contributed by atoms with Gasteiger partial charge in [0, 0.05) is 37.8 Å². The van der Waals surface area contributed by atoms with Gasteiger partial charge in [0.1, 0.15) is 0 Å². The Hall–Kier alpha value is -0.120. The van der Waals surface area contributed by atoms with E-state index in [1.54, 1.807) is 7.11 Å². The minimum Gasteiger partial charge on any atom is -0.383 e. The van der Waals surface area contributed by atoms with E-state index in [0.29, 0.717) is 12.1 Å². The van der Waals surface area contributed by atoms with Gasteiger partial charge in [0.15, 0.2) is 0 Å². The van der Waals surface area contributed by atoms with E-state index in [1.165, 1.54) is 13.0 Å². The largest absolute Gasteiger partial charge is 0.383 e. The molecule has 17 heavy (non-hydrogen) atoms. The summed E-state index contributed by atoms with van der Waals surface area (Å²) in [5.74, 6) is 0.819. The van der Waals surface area contributed by atoms with Gasteiger partial charge in [0.25, 0.3) is 0 Å². The summed E-state index contributed by atoms with van der Waals surface area (Å²) in [4.78, 5) is 2.60. The molecule has 1 N–H and O–H groups in total. The minimum atomic E-state index is 0.181. The minimum absolute atomic E-state index is 0.181. The van der Waals surface area contributed by atoms with Crippen LogP contribution in [0.1, 0.15) is 41.0 Å². The second kappa shape index (κ2) is 6.17. The van der Waals surface area contributed by atoms with Crippen molar-refractivity contribution in [2.45, 2.75) is 58.7 Å². The summed E-state index contributed by atoms with van der Waals surface area (Å²) in [6.07, 6.45) is 1.32. The molecule has 3 heteroatoms. The molecule has 1 aliphatic heterocycles. The standard InChI is InChI=1S/C14H30N2O/c1-11-7-12(2)16(9-11)13(10-17-6)8-15-14(3,4)5/h11-13,15H,7-10H2,1-6H3. The Balaban J connectivity index is 2.53. The van der Waals surface area contributed by atoms with Crippen LogP contribution in [-0.2, 0) is 4.74 Å². The van der Waals surface area contributed by atoms with E-state index in [1.807, 2.05) is 0 Å². The lowest BCUT2D eigenvalue weighted by Gasteiger charge is -2.33. The smallest absolute Gasteiger partial charge is 0.0630 e. The first-order valence-corrected chi connectivity index (χ1v) is 6.83. The fraction of sp³-hybridized carbons (Fsp3) is 1.00. The van der Waals surface area contributed by atoms with Gasteiger partial charge in [-0.2, -0.15) is 0 Å². The average Bonchev–Trinajstić information content (AvgIpc) is 2.51. The van der Waals surface area contributed by atoms with Gasteiger partial charge in [-0.05, 0) is 40.0 Å². The lowest BCUT2D eigenvalue weighted by atomic mass is 10.1. The van der Waals surface area contributed by atoms with Crippen LogP contribution in [0.2, 0.25) is 0 Å². The maximum atomic E-state index is 5.38. The zero-order chi connectivity index (χ0) is 13.1. The van der Waals surface area contributed by atoms with Crippen LogP contribution in [-0.4, -0.2) is 49.3 Å². The summed E-state index contributed by atoms with van der Waals surface area (Å²) >= 11 is 0. The SMILES string of the molecule is COCC(CNC(C)(C)C)N1CC(C)CC1C. The molecular weight excluding hydrogens is 212 g/mol. The van der Waals surface area contributed by atoms with Crippen LogP contribution < -0.4 is 5.32 Å². The third-order valence-corrected chi connectivity index (χ3v) is 3.53. The van der Waals surface area contributed by atoms with E-state index in [9.17, 15) is 0 Å². The van der Waals surface area contributed by atoms with Crippen LogP contribution in [0.3, 0.4) is 0 Å². The highest BCUT2D eigenvalue weighted by atomic mass is 16.5. The molecule has 0 aromatic heterocycles. The van der Waals surface area contributed by atoms with Crippen LogP contribution in [0.25, 0.3) is 0 Å². The van der Waals surface area contributed by atoms with Crippen molar-refractivity contribution in [3.63, 3.8) is 0 Å². The molecule has 102 valence electrons. The molecule has 0 saturated carbocycles. The maximum Gasteiger partial charge on any atom is 0.0630 e. The molecule has 1 aliphatic rings. The van der Waals surface area contributed by atoms with Crippen LogP contribution >= 0.6 is 0 Å². The predicted molar refractivity (Wildman–Crippen MR) is 73.4 cm³/mol. The molecular formula is C14H30N2O. The Labute approximate surface area is 107 Å². The van der Waals surface area contributed by atoms with E-state index in [0.717, 1.165) is 19.1 Å². The van der Waals surface area contributed by atoms with Crippen LogP contribution in [0, 0.1) is 5.92 Å². The molecule has 1 saturated heterocycles. The molecule has 0 aromatic rings. The van der Waals surface area contributed by atoms with E-state index in [4.69, 9.17) is 4.74 Å². The molecule has 1 rings (SSSR count). The van der Waals surface area contributed by atoms with Crippen molar-refractivity contribution in [2.75, 3.05) is 26.8 Å². The fourth-order valence-electron chi connectivity index (χ4n) is 2.73. The van der Waals surface area contributed by atoms with Crippen molar-refractivity contribution in [3.8, 4) is 0 Å². The highest BCUT2D eigenvalue weighted by Crippen LogP contribution is 2.24. The molecule has 0 radical (unpaired) electrons. The van der Waals surface area contributed by atoms with Gasteiger partial charge in [-0.15, -0.1) is 0 Å². The molecule has 0 aliphatic carbocycles.